The summed E-state index contributed by atoms with van der Waals surface area (Å²) in [5.74, 6) is -0.421. The van der Waals surface area contributed by atoms with Crippen molar-refractivity contribution in [2.24, 2.45) is 5.92 Å². The molecular weight excluding hydrogens is 438 g/mol. The molecular formula is C25H33N3O4S. The largest absolute Gasteiger partial charge is 0.356 e. The number of likely N-dealkylation sites (tertiary alicyclic amines) is 1. The molecule has 0 unspecified atom stereocenters. The van der Waals surface area contributed by atoms with Crippen molar-refractivity contribution in [3.8, 4) is 0 Å². The molecule has 33 heavy (non-hydrogen) atoms. The number of aryl methyl sites for hydroxylation is 2. The molecule has 3 rings (SSSR count). The van der Waals surface area contributed by atoms with Crippen LogP contribution in [0.3, 0.4) is 0 Å². The van der Waals surface area contributed by atoms with Gasteiger partial charge in [-0.2, -0.15) is 0 Å². The highest BCUT2D eigenvalue weighted by molar-refractivity contribution is 7.92. The van der Waals surface area contributed by atoms with Crippen molar-refractivity contribution < 1.29 is 18.0 Å². The van der Waals surface area contributed by atoms with Gasteiger partial charge in [0.15, 0.2) is 0 Å². The number of hydrogen-bond donors (Lipinski definition) is 2. The first kappa shape index (κ1) is 24.8. The van der Waals surface area contributed by atoms with Crippen molar-refractivity contribution in [3.05, 3.63) is 59.2 Å². The summed E-state index contributed by atoms with van der Waals surface area (Å²) >= 11 is 0. The second kappa shape index (κ2) is 10.8. The summed E-state index contributed by atoms with van der Waals surface area (Å²) in [5, 5.41) is 2.96. The van der Waals surface area contributed by atoms with Crippen molar-refractivity contribution in [3.63, 3.8) is 0 Å². The zero-order valence-electron chi connectivity index (χ0n) is 19.6. The predicted molar refractivity (Wildman–Crippen MR) is 130 cm³/mol. The van der Waals surface area contributed by atoms with E-state index < -0.39 is 10.0 Å². The Morgan fingerprint density at radius 2 is 1.88 bits per heavy atom. The third kappa shape index (κ3) is 6.35. The van der Waals surface area contributed by atoms with Crippen molar-refractivity contribution in [2.75, 3.05) is 24.4 Å². The number of benzene rings is 2. The molecule has 2 aromatic carbocycles. The number of carbonyl (C=O) groups excluding carboxylic acids is 2. The van der Waals surface area contributed by atoms with E-state index >= 15 is 0 Å². The third-order valence-electron chi connectivity index (χ3n) is 6.06. The number of anilines is 1. The zero-order chi connectivity index (χ0) is 24.0. The number of piperidine rings is 1. The minimum absolute atomic E-state index is 0.00384. The fraction of sp³-hybridized carbons (Fsp3) is 0.440. The molecule has 1 fully saturated rings. The molecule has 2 amide bonds. The first-order valence-corrected chi connectivity index (χ1v) is 13.0. The first-order chi connectivity index (χ1) is 15.7. The molecule has 0 saturated carbocycles. The summed E-state index contributed by atoms with van der Waals surface area (Å²) in [6.07, 6.45) is 3.47. The first-order valence-electron chi connectivity index (χ1n) is 11.5. The smallest absolute Gasteiger partial charge is 0.261 e. The van der Waals surface area contributed by atoms with Gasteiger partial charge in [0.05, 0.1) is 10.8 Å². The molecule has 1 aliphatic heterocycles. The van der Waals surface area contributed by atoms with Crippen LogP contribution in [0, 0.1) is 19.8 Å². The number of nitrogens with one attached hydrogen (secondary N) is 2. The van der Waals surface area contributed by atoms with E-state index in [1.165, 1.54) is 0 Å². The molecule has 0 bridgehead atoms. The SMILES string of the molecule is CCCCNC(=O)[C@H]1CCCN(C(=O)c2cccc(NS(=O)(=O)c3ccc(C)c(C)c3)c2)C1. The van der Waals surface area contributed by atoms with E-state index in [1.54, 1.807) is 47.4 Å². The summed E-state index contributed by atoms with van der Waals surface area (Å²) in [6.45, 7) is 7.47. The summed E-state index contributed by atoms with van der Waals surface area (Å²) in [7, 11) is -3.78. The van der Waals surface area contributed by atoms with Crippen LogP contribution in [0.15, 0.2) is 47.4 Å². The quantitative estimate of drug-likeness (QED) is 0.571. The highest BCUT2D eigenvalue weighted by Crippen LogP contribution is 2.22. The summed E-state index contributed by atoms with van der Waals surface area (Å²) in [6, 6.07) is 11.5. The molecule has 1 saturated heterocycles. The van der Waals surface area contributed by atoms with Gasteiger partial charge in [0.2, 0.25) is 5.91 Å². The summed E-state index contributed by atoms with van der Waals surface area (Å²) < 4.78 is 28.2. The fourth-order valence-corrected chi connectivity index (χ4v) is 5.04. The zero-order valence-corrected chi connectivity index (χ0v) is 20.4. The Labute approximate surface area is 196 Å². The lowest BCUT2D eigenvalue weighted by atomic mass is 9.96. The maximum atomic E-state index is 13.1. The third-order valence-corrected chi connectivity index (χ3v) is 7.44. The van der Waals surface area contributed by atoms with Crippen LogP contribution in [-0.2, 0) is 14.8 Å². The highest BCUT2D eigenvalue weighted by atomic mass is 32.2. The van der Waals surface area contributed by atoms with Crippen molar-refractivity contribution in [1.29, 1.82) is 0 Å². The molecule has 2 aromatic rings. The van der Waals surface area contributed by atoms with Gasteiger partial charge in [0, 0.05) is 30.9 Å². The number of rotatable bonds is 8. The Morgan fingerprint density at radius 1 is 1.09 bits per heavy atom. The van der Waals surface area contributed by atoms with Crippen LogP contribution in [0.4, 0.5) is 5.69 Å². The van der Waals surface area contributed by atoms with E-state index in [-0.39, 0.29) is 22.6 Å². The van der Waals surface area contributed by atoms with Gasteiger partial charge < -0.3 is 10.2 Å². The summed E-state index contributed by atoms with van der Waals surface area (Å²) in [5.41, 5.74) is 2.62. The average Bonchev–Trinajstić information content (AvgIpc) is 2.80. The topological polar surface area (TPSA) is 95.6 Å². The average molecular weight is 472 g/mol. The van der Waals surface area contributed by atoms with E-state index in [1.807, 2.05) is 13.8 Å². The standard InChI is InChI=1S/C25H33N3O4S/c1-4-5-13-26-24(29)21-9-7-14-28(17-21)25(30)20-8-6-10-22(16-20)27-33(31,32)23-12-11-18(2)19(3)15-23/h6,8,10-12,15-16,21,27H,4-5,7,9,13-14,17H2,1-3H3,(H,26,29)/t21-/m0/s1. The van der Waals surface area contributed by atoms with Crippen molar-refractivity contribution in [1.82, 2.24) is 10.2 Å². The van der Waals surface area contributed by atoms with Crippen LogP contribution in [0.2, 0.25) is 0 Å². The molecule has 1 heterocycles. The minimum atomic E-state index is -3.78. The van der Waals surface area contributed by atoms with Crippen LogP contribution < -0.4 is 10.0 Å². The minimum Gasteiger partial charge on any atom is -0.356 e. The van der Waals surface area contributed by atoms with Crippen LogP contribution in [0.5, 0.6) is 0 Å². The van der Waals surface area contributed by atoms with Crippen LogP contribution in [0.1, 0.15) is 54.1 Å². The molecule has 7 nitrogen and oxygen atoms in total. The van der Waals surface area contributed by atoms with E-state index in [0.717, 1.165) is 36.8 Å². The Hall–Kier alpha value is -2.87. The Balaban J connectivity index is 1.70. The van der Waals surface area contributed by atoms with E-state index in [9.17, 15) is 18.0 Å². The van der Waals surface area contributed by atoms with E-state index in [4.69, 9.17) is 0 Å². The van der Waals surface area contributed by atoms with Crippen molar-refractivity contribution in [2.45, 2.75) is 51.3 Å². The van der Waals surface area contributed by atoms with E-state index in [2.05, 4.69) is 17.0 Å². The van der Waals surface area contributed by atoms with Crippen LogP contribution in [0.25, 0.3) is 0 Å². The number of hydrogen-bond acceptors (Lipinski definition) is 4. The Morgan fingerprint density at radius 3 is 2.61 bits per heavy atom. The van der Waals surface area contributed by atoms with Gasteiger partial charge in [-0.1, -0.05) is 25.5 Å². The number of unbranched alkanes of at least 4 members (excludes halogenated alkanes) is 1. The molecule has 8 heteroatoms. The number of nitrogens with zero attached hydrogens (tertiary/aromatic N) is 1. The second-order valence-corrected chi connectivity index (χ2v) is 10.3. The number of amides is 2. The fourth-order valence-electron chi connectivity index (χ4n) is 3.90. The Kier molecular flexibility index (Phi) is 8.13. The van der Waals surface area contributed by atoms with Gasteiger partial charge in [-0.15, -0.1) is 0 Å². The normalized spacial score (nSPS) is 16.3. The van der Waals surface area contributed by atoms with Gasteiger partial charge in [0.1, 0.15) is 0 Å². The van der Waals surface area contributed by atoms with Gasteiger partial charge in [-0.05, 0) is 74.6 Å². The van der Waals surface area contributed by atoms with Gasteiger partial charge in [-0.25, -0.2) is 8.42 Å². The highest BCUT2D eigenvalue weighted by Gasteiger charge is 2.29. The number of sulfonamides is 1. The summed E-state index contributed by atoms with van der Waals surface area (Å²) in [4.78, 5) is 27.4. The van der Waals surface area contributed by atoms with Gasteiger partial charge in [-0.3, -0.25) is 14.3 Å². The second-order valence-electron chi connectivity index (χ2n) is 8.67. The van der Waals surface area contributed by atoms with E-state index in [0.29, 0.717) is 30.9 Å². The molecule has 0 radical (unpaired) electrons. The van der Waals surface area contributed by atoms with Crippen molar-refractivity contribution >= 4 is 27.5 Å². The Bertz CT molecular complexity index is 1110. The molecule has 0 aliphatic carbocycles. The molecule has 1 aliphatic rings. The maximum absolute atomic E-state index is 13.1. The van der Waals surface area contributed by atoms with Crippen LogP contribution >= 0.6 is 0 Å². The lowest BCUT2D eigenvalue weighted by molar-refractivity contribution is -0.126. The molecule has 2 N–H and O–H groups in total. The molecule has 0 aromatic heterocycles. The predicted octanol–water partition coefficient (Wildman–Crippen LogP) is 3.87. The number of carbonyl (C=O) groups is 2. The molecule has 178 valence electrons. The van der Waals surface area contributed by atoms with Gasteiger partial charge >= 0.3 is 0 Å². The maximum Gasteiger partial charge on any atom is 0.261 e. The monoisotopic (exact) mass is 471 g/mol. The lowest BCUT2D eigenvalue weighted by Gasteiger charge is -2.32. The molecule has 0 spiro atoms. The molecule has 1 atom stereocenters. The van der Waals surface area contributed by atoms with Gasteiger partial charge in [0.25, 0.3) is 15.9 Å². The lowest BCUT2D eigenvalue weighted by Crippen LogP contribution is -2.45. The van der Waals surface area contributed by atoms with Crippen LogP contribution in [-0.4, -0.2) is 44.8 Å².